The molecule has 0 unspecified atom stereocenters. The van der Waals surface area contributed by atoms with Crippen LogP contribution in [0.5, 0.6) is 0 Å². The van der Waals surface area contributed by atoms with Gasteiger partial charge in [0.15, 0.2) is 0 Å². The van der Waals surface area contributed by atoms with E-state index in [1.54, 1.807) is 36.8 Å². The number of carbonyl (C=O) groups is 2. The monoisotopic (exact) mass is 229 g/mol. The summed E-state index contributed by atoms with van der Waals surface area (Å²) in [6, 6.07) is 6.74. The fourth-order valence-corrected chi connectivity index (χ4v) is 1.44. The summed E-state index contributed by atoms with van der Waals surface area (Å²) in [6.45, 7) is 0. The largest absolute Gasteiger partial charge is 0.341 e. The smallest absolute Gasteiger partial charge is 0.258 e. The molecule has 1 aliphatic rings. The number of aromatic nitrogens is 2. The summed E-state index contributed by atoms with van der Waals surface area (Å²) in [5.74, 6) is -0.601. The molecule has 1 N–H and O–H groups in total. The van der Waals surface area contributed by atoms with Gasteiger partial charge in [-0.15, -0.1) is 0 Å². The first kappa shape index (κ1) is 11.1. The van der Waals surface area contributed by atoms with Crippen molar-refractivity contribution in [1.29, 1.82) is 0 Å². The van der Waals surface area contributed by atoms with Crippen LogP contribution >= 0.6 is 0 Å². The van der Waals surface area contributed by atoms with Gasteiger partial charge in [0.25, 0.3) is 11.8 Å². The zero-order chi connectivity index (χ0) is 12.3. The van der Waals surface area contributed by atoms with Crippen molar-refractivity contribution in [3.8, 4) is 0 Å². The fraction of sp³-hybridized carbons (Fsp3) is 0.0833. The Morgan fingerprint density at radius 2 is 1.71 bits per heavy atom. The summed E-state index contributed by atoms with van der Waals surface area (Å²) in [6.07, 6.45) is 5.39. The highest BCUT2D eigenvalue weighted by atomic mass is 16.2. The Morgan fingerprint density at radius 3 is 2.06 bits per heavy atom. The van der Waals surface area contributed by atoms with Crippen molar-refractivity contribution >= 4 is 11.8 Å². The maximum absolute atomic E-state index is 10.9. The van der Waals surface area contributed by atoms with E-state index in [1.165, 1.54) is 0 Å². The van der Waals surface area contributed by atoms with Crippen molar-refractivity contribution in [2.75, 3.05) is 0 Å². The van der Waals surface area contributed by atoms with Gasteiger partial charge in [-0.1, -0.05) is 12.1 Å². The first-order chi connectivity index (χ1) is 8.18. The molecule has 1 aromatic carbocycles. The van der Waals surface area contributed by atoms with Crippen LogP contribution in [0.4, 0.5) is 0 Å². The van der Waals surface area contributed by atoms with Gasteiger partial charge in [0.2, 0.25) is 0 Å². The number of hydrogen-bond acceptors (Lipinski definition) is 3. The van der Waals surface area contributed by atoms with Crippen LogP contribution < -0.4 is 5.32 Å². The van der Waals surface area contributed by atoms with E-state index in [4.69, 9.17) is 0 Å². The molecule has 86 valence electrons. The lowest BCUT2D eigenvalue weighted by atomic mass is 10.1. The third-order valence-corrected chi connectivity index (χ3v) is 2.28. The number of benzene rings is 1. The van der Waals surface area contributed by atoms with Gasteiger partial charge < -0.3 is 4.57 Å². The number of imide groups is 1. The summed E-state index contributed by atoms with van der Waals surface area (Å²) in [4.78, 5) is 25.7. The molecule has 5 heteroatoms. The summed E-state index contributed by atoms with van der Waals surface area (Å²) < 4.78 is 1.89. The van der Waals surface area contributed by atoms with Gasteiger partial charge in [-0.05, 0) is 12.1 Å². The Bertz CT molecular complexity index is 514. The van der Waals surface area contributed by atoms with E-state index < -0.39 is 0 Å². The molecule has 0 aliphatic carbocycles. The SMILES string of the molecule is Cn1ccnc1.O=C1NC(=O)c2ccccc21. The summed E-state index contributed by atoms with van der Waals surface area (Å²) in [7, 11) is 1.94. The van der Waals surface area contributed by atoms with E-state index in [0.717, 1.165) is 0 Å². The number of aryl methyl sites for hydroxylation is 1. The van der Waals surface area contributed by atoms with Crippen molar-refractivity contribution in [2.45, 2.75) is 0 Å². The van der Waals surface area contributed by atoms with E-state index in [0.29, 0.717) is 11.1 Å². The average molecular weight is 229 g/mol. The first-order valence-electron chi connectivity index (χ1n) is 5.05. The zero-order valence-corrected chi connectivity index (χ0v) is 9.25. The lowest BCUT2D eigenvalue weighted by Gasteiger charge is -1.88. The molecule has 0 bridgehead atoms. The van der Waals surface area contributed by atoms with Gasteiger partial charge >= 0.3 is 0 Å². The number of hydrogen-bond donors (Lipinski definition) is 1. The number of nitrogens with zero attached hydrogens (tertiary/aromatic N) is 2. The molecular formula is C12H11N3O2. The number of nitrogens with one attached hydrogen (secondary N) is 1. The predicted molar refractivity (Wildman–Crippen MR) is 61.4 cm³/mol. The van der Waals surface area contributed by atoms with Gasteiger partial charge in [0, 0.05) is 19.4 Å². The van der Waals surface area contributed by atoms with Crippen molar-refractivity contribution < 1.29 is 9.59 Å². The number of amides is 2. The molecule has 0 saturated carbocycles. The maximum Gasteiger partial charge on any atom is 0.258 e. The quantitative estimate of drug-likeness (QED) is 0.685. The second kappa shape index (κ2) is 4.61. The standard InChI is InChI=1S/C8H5NO2.C4H6N2/c10-7-5-3-1-2-4-6(5)8(11)9-7;1-6-3-2-5-4-6/h1-4H,(H,9,10,11);2-4H,1H3. The van der Waals surface area contributed by atoms with Crippen LogP contribution in [0.1, 0.15) is 20.7 Å². The Morgan fingerprint density at radius 1 is 1.12 bits per heavy atom. The van der Waals surface area contributed by atoms with E-state index in [1.807, 2.05) is 17.8 Å². The van der Waals surface area contributed by atoms with E-state index in [2.05, 4.69) is 10.3 Å². The molecule has 0 spiro atoms. The first-order valence-corrected chi connectivity index (χ1v) is 5.05. The fourth-order valence-electron chi connectivity index (χ4n) is 1.44. The Labute approximate surface area is 98.1 Å². The normalized spacial score (nSPS) is 12.5. The zero-order valence-electron chi connectivity index (χ0n) is 9.25. The minimum absolute atomic E-state index is 0.300. The topological polar surface area (TPSA) is 64.0 Å². The highest BCUT2D eigenvalue weighted by Gasteiger charge is 2.25. The lowest BCUT2D eigenvalue weighted by molar-refractivity contribution is 0.0879. The highest BCUT2D eigenvalue weighted by molar-refractivity contribution is 6.21. The molecule has 2 heterocycles. The van der Waals surface area contributed by atoms with E-state index in [9.17, 15) is 9.59 Å². The van der Waals surface area contributed by atoms with Crippen LogP contribution in [0.25, 0.3) is 0 Å². The van der Waals surface area contributed by atoms with Gasteiger partial charge in [-0.25, -0.2) is 4.98 Å². The number of imidazole rings is 1. The molecule has 17 heavy (non-hydrogen) atoms. The molecule has 0 fully saturated rings. The molecule has 2 aromatic rings. The lowest BCUT2D eigenvalue weighted by Crippen LogP contribution is -2.19. The Hall–Kier alpha value is -2.43. The minimum Gasteiger partial charge on any atom is -0.341 e. The Balaban J connectivity index is 0.000000153. The molecule has 0 atom stereocenters. The molecule has 1 aliphatic heterocycles. The number of carbonyl (C=O) groups excluding carboxylic acids is 2. The highest BCUT2D eigenvalue weighted by Crippen LogP contribution is 2.13. The van der Waals surface area contributed by atoms with Crippen LogP contribution in [0, 0.1) is 0 Å². The molecular weight excluding hydrogens is 218 g/mol. The molecule has 0 radical (unpaired) electrons. The van der Waals surface area contributed by atoms with Crippen molar-refractivity contribution in [1.82, 2.24) is 14.9 Å². The molecule has 2 amide bonds. The van der Waals surface area contributed by atoms with Crippen molar-refractivity contribution in [3.05, 3.63) is 54.1 Å². The van der Waals surface area contributed by atoms with Gasteiger partial charge in [-0.3, -0.25) is 14.9 Å². The number of fused-ring (bicyclic) bond motifs is 1. The van der Waals surface area contributed by atoms with Gasteiger partial charge in [-0.2, -0.15) is 0 Å². The third kappa shape index (κ3) is 2.39. The van der Waals surface area contributed by atoms with Crippen molar-refractivity contribution in [2.24, 2.45) is 7.05 Å². The van der Waals surface area contributed by atoms with Gasteiger partial charge in [0.05, 0.1) is 17.5 Å². The summed E-state index contributed by atoms with van der Waals surface area (Å²) in [5, 5.41) is 2.20. The van der Waals surface area contributed by atoms with Crippen molar-refractivity contribution in [3.63, 3.8) is 0 Å². The maximum atomic E-state index is 10.9. The van der Waals surface area contributed by atoms with Crippen LogP contribution in [0.2, 0.25) is 0 Å². The van der Waals surface area contributed by atoms with Crippen LogP contribution in [-0.2, 0) is 7.05 Å². The molecule has 3 rings (SSSR count). The van der Waals surface area contributed by atoms with E-state index in [-0.39, 0.29) is 11.8 Å². The van der Waals surface area contributed by atoms with E-state index >= 15 is 0 Å². The number of rotatable bonds is 0. The average Bonchev–Trinajstić information content (AvgIpc) is 2.90. The second-order valence-corrected chi connectivity index (χ2v) is 3.56. The third-order valence-electron chi connectivity index (χ3n) is 2.28. The van der Waals surface area contributed by atoms with Crippen LogP contribution in [0.3, 0.4) is 0 Å². The predicted octanol–water partition coefficient (Wildman–Crippen LogP) is 0.990. The minimum atomic E-state index is -0.300. The molecule has 0 saturated heterocycles. The molecule has 1 aromatic heterocycles. The summed E-state index contributed by atoms with van der Waals surface area (Å²) in [5.41, 5.74) is 0.940. The molecule has 5 nitrogen and oxygen atoms in total. The van der Waals surface area contributed by atoms with Gasteiger partial charge in [0.1, 0.15) is 0 Å². The van der Waals surface area contributed by atoms with Crippen LogP contribution in [-0.4, -0.2) is 21.4 Å². The Kier molecular flexibility index (Phi) is 3.00. The van der Waals surface area contributed by atoms with Crippen LogP contribution in [0.15, 0.2) is 43.0 Å². The second-order valence-electron chi connectivity index (χ2n) is 3.56. The summed E-state index contributed by atoms with van der Waals surface area (Å²) >= 11 is 0.